The van der Waals surface area contributed by atoms with E-state index >= 15 is 0 Å². The summed E-state index contributed by atoms with van der Waals surface area (Å²) in [5.41, 5.74) is 0.356. The fourth-order valence-corrected chi connectivity index (χ4v) is 2.57. The molecule has 1 amide bonds. The Morgan fingerprint density at radius 1 is 1.41 bits per heavy atom. The number of hydrogen-bond donors (Lipinski definition) is 2. The molecule has 6 heteroatoms. The molecule has 1 aliphatic heterocycles. The van der Waals surface area contributed by atoms with E-state index in [2.05, 4.69) is 17.6 Å². The van der Waals surface area contributed by atoms with Gasteiger partial charge >= 0.3 is 0 Å². The first-order chi connectivity index (χ1) is 10.1. The van der Waals surface area contributed by atoms with E-state index < -0.39 is 5.82 Å². The fourth-order valence-electron chi connectivity index (χ4n) is 2.57. The molecule has 1 saturated heterocycles. The lowest BCUT2D eigenvalue weighted by molar-refractivity contribution is 0.0917. The lowest BCUT2D eigenvalue weighted by Crippen LogP contribution is -2.43. The maximum atomic E-state index is 13.8. The van der Waals surface area contributed by atoms with Crippen LogP contribution in [0.15, 0.2) is 18.2 Å². The molecule has 1 aliphatic rings. The van der Waals surface area contributed by atoms with Crippen LogP contribution in [0.3, 0.4) is 0 Å². The van der Waals surface area contributed by atoms with Crippen molar-refractivity contribution in [3.05, 3.63) is 29.6 Å². The molecule has 0 atom stereocenters. The molecule has 2 N–H and O–H groups in total. The summed E-state index contributed by atoms with van der Waals surface area (Å²) in [7, 11) is 0. The smallest absolute Gasteiger partial charge is 0.255 e. The molecule has 1 fully saturated rings. The highest BCUT2D eigenvalue weighted by atomic mass is 35.5. The summed E-state index contributed by atoms with van der Waals surface area (Å²) in [4.78, 5) is 12.3. The number of para-hydroxylation sites is 1. The molecule has 1 aromatic carbocycles. The van der Waals surface area contributed by atoms with E-state index in [0.29, 0.717) is 13.2 Å². The number of piperidine rings is 1. The molecule has 0 saturated carbocycles. The maximum Gasteiger partial charge on any atom is 0.255 e. The quantitative estimate of drug-likeness (QED) is 0.873. The number of amides is 1. The van der Waals surface area contributed by atoms with Crippen molar-refractivity contribution in [3.8, 4) is 5.75 Å². The van der Waals surface area contributed by atoms with E-state index in [0.717, 1.165) is 25.9 Å². The number of rotatable bonds is 5. The molecule has 0 radical (unpaired) electrons. The van der Waals surface area contributed by atoms with Crippen molar-refractivity contribution < 1.29 is 13.9 Å². The minimum atomic E-state index is -0.502. The lowest BCUT2D eigenvalue weighted by atomic mass is 9.81. The Morgan fingerprint density at radius 3 is 2.73 bits per heavy atom. The zero-order valence-corrected chi connectivity index (χ0v) is 13.9. The number of hydrogen-bond acceptors (Lipinski definition) is 3. The Morgan fingerprint density at radius 2 is 2.09 bits per heavy atom. The maximum absolute atomic E-state index is 13.8. The van der Waals surface area contributed by atoms with Gasteiger partial charge in [0.2, 0.25) is 0 Å². The molecule has 0 unspecified atom stereocenters. The van der Waals surface area contributed by atoms with E-state index in [1.165, 1.54) is 12.1 Å². The molecular formula is C16H24ClFN2O2. The lowest BCUT2D eigenvalue weighted by Gasteiger charge is -2.34. The van der Waals surface area contributed by atoms with E-state index in [-0.39, 0.29) is 35.0 Å². The number of halogens is 2. The summed E-state index contributed by atoms with van der Waals surface area (Å²) in [6.07, 6.45) is 2.05. The van der Waals surface area contributed by atoms with Gasteiger partial charge < -0.3 is 15.4 Å². The number of ether oxygens (including phenoxy) is 1. The van der Waals surface area contributed by atoms with Crippen molar-refractivity contribution in [3.63, 3.8) is 0 Å². The molecule has 4 nitrogen and oxygen atoms in total. The van der Waals surface area contributed by atoms with Crippen molar-refractivity contribution in [1.82, 2.24) is 10.6 Å². The molecule has 2 rings (SSSR count). The van der Waals surface area contributed by atoms with Gasteiger partial charge in [-0.15, -0.1) is 12.4 Å². The molecule has 0 aliphatic carbocycles. The van der Waals surface area contributed by atoms with Gasteiger partial charge in [0, 0.05) is 6.54 Å². The normalized spacial score (nSPS) is 16.5. The Kier molecular flexibility index (Phi) is 7.10. The second kappa shape index (κ2) is 8.34. The van der Waals surface area contributed by atoms with Crippen LogP contribution in [0.4, 0.5) is 4.39 Å². The molecule has 124 valence electrons. The number of nitrogens with one attached hydrogen (secondary N) is 2. The van der Waals surface area contributed by atoms with Crippen LogP contribution in [0.2, 0.25) is 0 Å². The topological polar surface area (TPSA) is 50.4 Å². The van der Waals surface area contributed by atoms with Crippen molar-refractivity contribution in [1.29, 1.82) is 0 Å². The summed E-state index contributed by atoms with van der Waals surface area (Å²) < 4.78 is 19.0. The van der Waals surface area contributed by atoms with Crippen LogP contribution in [0.5, 0.6) is 5.75 Å². The third-order valence-electron chi connectivity index (χ3n) is 3.99. The second-order valence-electron chi connectivity index (χ2n) is 5.79. The van der Waals surface area contributed by atoms with Crippen LogP contribution >= 0.6 is 12.4 Å². The highest BCUT2D eigenvalue weighted by molar-refractivity contribution is 5.97. The standard InChI is InChI=1S/C16H23FN2O2.ClH/c1-3-21-14-12(5-4-6-13(14)17)15(20)19-11-16(2)7-9-18-10-8-16;/h4-6,18H,3,7-11H2,1-2H3,(H,19,20);1H. The first-order valence-electron chi connectivity index (χ1n) is 7.46. The summed E-state index contributed by atoms with van der Waals surface area (Å²) in [6.45, 7) is 6.79. The van der Waals surface area contributed by atoms with Crippen molar-refractivity contribution in [2.75, 3.05) is 26.2 Å². The second-order valence-corrected chi connectivity index (χ2v) is 5.79. The van der Waals surface area contributed by atoms with E-state index in [1.54, 1.807) is 13.0 Å². The Bertz CT molecular complexity index is 505. The highest BCUT2D eigenvalue weighted by Gasteiger charge is 2.27. The van der Waals surface area contributed by atoms with E-state index in [9.17, 15) is 9.18 Å². The number of benzene rings is 1. The fraction of sp³-hybridized carbons (Fsp3) is 0.562. The Balaban J connectivity index is 0.00000242. The van der Waals surface area contributed by atoms with Gasteiger partial charge in [0.15, 0.2) is 11.6 Å². The molecule has 1 heterocycles. The molecule has 0 spiro atoms. The minimum Gasteiger partial charge on any atom is -0.490 e. The summed E-state index contributed by atoms with van der Waals surface area (Å²) in [6, 6.07) is 4.42. The van der Waals surface area contributed by atoms with E-state index in [4.69, 9.17) is 4.74 Å². The summed E-state index contributed by atoms with van der Waals surface area (Å²) in [5.74, 6) is -0.747. The van der Waals surface area contributed by atoms with Crippen LogP contribution < -0.4 is 15.4 Å². The summed E-state index contributed by atoms with van der Waals surface area (Å²) >= 11 is 0. The minimum absolute atomic E-state index is 0. The Hall–Kier alpha value is -1.33. The van der Waals surface area contributed by atoms with Crippen LogP contribution in [0.25, 0.3) is 0 Å². The molecule has 0 bridgehead atoms. The predicted molar refractivity (Wildman–Crippen MR) is 87.4 cm³/mol. The van der Waals surface area contributed by atoms with Gasteiger partial charge in [-0.05, 0) is 50.4 Å². The largest absolute Gasteiger partial charge is 0.490 e. The van der Waals surface area contributed by atoms with Gasteiger partial charge in [0.25, 0.3) is 5.91 Å². The molecule has 22 heavy (non-hydrogen) atoms. The average molecular weight is 331 g/mol. The third-order valence-corrected chi connectivity index (χ3v) is 3.99. The van der Waals surface area contributed by atoms with Crippen LogP contribution in [-0.2, 0) is 0 Å². The Labute approximate surface area is 137 Å². The highest BCUT2D eigenvalue weighted by Crippen LogP contribution is 2.27. The monoisotopic (exact) mass is 330 g/mol. The number of carbonyl (C=O) groups is 1. The van der Waals surface area contributed by atoms with Gasteiger partial charge in [-0.3, -0.25) is 4.79 Å². The van der Waals surface area contributed by atoms with Gasteiger partial charge in [-0.2, -0.15) is 0 Å². The first kappa shape index (κ1) is 18.7. The zero-order chi connectivity index (χ0) is 15.3. The van der Waals surface area contributed by atoms with Gasteiger partial charge in [0.05, 0.1) is 12.2 Å². The third kappa shape index (κ3) is 4.58. The van der Waals surface area contributed by atoms with Crippen LogP contribution in [0, 0.1) is 11.2 Å². The van der Waals surface area contributed by atoms with Crippen molar-refractivity contribution in [2.45, 2.75) is 26.7 Å². The van der Waals surface area contributed by atoms with Crippen molar-refractivity contribution in [2.24, 2.45) is 5.41 Å². The average Bonchev–Trinajstić information content (AvgIpc) is 2.48. The first-order valence-corrected chi connectivity index (χ1v) is 7.46. The van der Waals surface area contributed by atoms with Crippen LogP contribution in [-0.4, -0.2) is 32.1 Å². The van der Waals surface area contributed by atoms with Crippen molar-refractivity contribution >= 4 is 18.3 Å². The zero-order valence-electron chi connectivity index (χ0n) is 13.1. The van der Waals surface area contributed by atoms with Gasteiger partial charge in [-0.1, -0.05) is 13.0 Å². The van der Waals surface area contributed by atoms with Crippen LogP contribution in [0.1, 0.15) is 37.0 Å². The SMILES string of the molecule is CCOc1c(F)cccc1C(=O)NCC1(C)CCNCC1.Cl. The predicted octanol–water partition coefficient (Wildman–Crippen LogP) is 2.77. The van der Waals surface area contributed by atoms with Gasteiger partial charge in [-0.25, -0.2) is 4.39 Å². The number of carbonyl (C=O) groups excluding carboxylic acids is 1. The molecular weight excluding hydrogens is 307 g/mol. The molecule has 0 aromatic heterocycles. The summed E-state index contributed by atoms with van der Waals surface area (Å²) in [5, 5.41) is 6.23. The van der Waals surface area contributed by atoms with Gasteiger partial charge in [0.1, 0.15) is 0 Å². The molecule has 1 aromatic rings. The van der Waals surface area contributed by atoms with E-state index in [1.807, 2.05) is 0 Å².